The Kier molecular flexibility index (Phi) is 4.53. The lowest BCUT2D eigenvalue weighted by Gasteiger charge is -2.35. The number of Topliss-reactive ketones (excluding diaryl/α,β-unsaturated/α-hetero) is 1. The van der Waals surface area contributed by atoms with Gasteiger partial charge in [0, 0.05) is 55.0 Å². The van der Waals surface area contributed by atoms with Gasteiger partial charge in [0.25, 0.3) is 12.3 Å². The summed E-state index contributed by atoms with van der Waals surface area (Å²) in [4.78, 5) is 27.6. The lowest BCUT2D eigenvalue weighted by Crippen LogP contribution is -2.30. The molecule has 1 aliphatic carbocycles. The second-order valence-corrected chi connectivity index (χ2v) is 8.24. The van der Waals surface area contributed by atoms with E-state index < -0.39 is 18.3 Å². The van der Waals surface area contributed by atoms with Crippen molar-refractivity contribution >= 4 is 17.4 Å². The molecule has 0 radical (unpaired) electrons. The maximum absolute atomic E-state index is 14.0. The Morgan fingerprint density at radius 2 is 2.00 bits per heavy atom. The van der Waals surface area contributed by atoms with Gasteiger partial charge in [0.1, 0.15) is 0 Å². The van der Waals surface area contributed by atoms with Crippen LogP contribution in [0.15, 0.2) is 48.1 Å². The van der Waals surface area contributed by atoms with E-state index in [9.17, 15) is 18.4 Å². The summed E-state index contributed by atoms with van der Waals surface area (Å²) in [6.07, 6.45) is 6.63. The molecule has 1 amide bonds. The third-order valence-electron chi connectivity index (χ3n) is 6.37. The monoisotopic (exact) mass is 424 g/mol. The maximum atomic E-state index is 14.0. The minimum Gasteiger partial charge on any atom is -0.341 e. The van der Waals surface area contributed by atoms with E-state index in [1.807, 2.05) is 23.1 Å². The molecule has 1 fully saturated rings. The number of nitrogens with zero attached hydrogens (tertiary/aromatic N) is 4. The zero-order valence-corrected chi connectivity index (χ0v) is 17.3. The van der Waals surface area contributed by atoms with Crippen LogP contribution in [0.4, 0.5) is 14.5 Å². The van der Waals surface area contributed by atoms with Crippen molar-refractivity contribution < 1.29 is 18.4 Å². The van der Waals surface area contributed by atoms with Gasteiger partial charge in [-0.05, 0) is 48.6 Å². The van der Waals surface area contributed by atoms with Gasteiger partial charge in [-0.25, -0.2) is 8.78 Å². The van der Waals surface area contributed by atoms with Crippen molar-refractivity contribution in [2.24, 2.45) is 13.0 Å². The highest BCUT2D eigenvalue weighted by atomic mass is 19.3. The van der Waals surface area contributed by atoms with Gasteiger partial charge in [0.2, 0.25) is 5.78 Å². The predicted molar refractivity (Wildman–Crippen MR) is 111 cm³/mol. The lowest BCUT2D eigenvalue weighted by atomic mass is 9.90. The zero-order chi connectivity index (χ0) is 21.9. The molecule has 0 saturated carbocycles. The number of fused-ring (bicyclic) bond motifs is 2. The Balaban J connectivity index is 1.57. The number of benzene rings is 1. The summed E-state index contributed by atoms with van der Waals surface area (Å²) in [6.45, 7) is 0.688. The molecule has 1 aromatic carbocycles. The van der Waals surface area contributed by atoms with E-state index >= 15 is 0 Å². The van der Waals surface area contributed by atoms with Crippen molar-refractivity contribution in [1.29, 1.82) is 0 Å². The van der Waals surface area contributed by atoms with E-state index in [0.29, 0.717) is 29.8 Å². The Bertz CT molecular complexity index is 1160. The summed E-state index contributed by atoms with van der Waals surface area (Å²) in [7, 11) is 3.37. The normalized spacial score (nSPS) is 20.7. The fraction of sp³-hybridized carbons (Fsp3) is 0.348. The molecule has 8 heteroatoms. The highest BCUT2D eigenvalue weighted by Crippen LogP contribution is 2.42. The van der Waals surface area contributed by atoms with Crippen LogP contribution in [0.3, 0.4) is 0 Å². The van der Waals surface area contributed by atoms with Crippen LogP contribution in [-0.2, 0) is 23.1 Å². The number of rotatable bonds is 3. The average Bonchev–Trinajstić information content (AvgIpc) is 3.29. The van der Waals surface area contributed by atoms with Crippen LogP contribution in [0.2, 0.25) is 0 Å². The Morgan fingerprint density at radius 3 is 2.71 bits per heavy atom. The quantitative estimate of drug-likeness (QED) is 0.707. The number of carbonyl (C=O) groups excluding carboxylic acids is 2. The molecule has 1 saturated heterocycles. The molecule has 2 aliphatic heterocycles. The number of carbonyl (C=O) groups is 2. The van der Waals surface area contributed by atoms with Crippen molar-refractivity contribution in [3.05, 3.63) is 59.2 Å². The molecule has 6 nitrogen and oxygen atoms in total. The van der Waals surface area contributed by atoms with Crippen LogP contribution in [0.5, 0.6) is 0 Å². The van der Waals surface area contributed by atoms with Crippen LogP contribution in [-0.4, -0.2) is 40.0 Å². The Hall–Kier alpha value is -3.29. The van der Waals surface area contributed by atoms with Crippen molar-refractivity contribution in [3.8, 4) is 11.1 Å². The Morgan fingerprint density at radius 1 is 1.19 bits per heavy atom. The number of amides is 1. The SMILES string of the molecule is CN1C(=O)C(=O)C2CC=C(N3CCCc4cc(-c5cnn(C)c5)c(C(F)F)cc43)C=C21. The molecule has 31 heavy (non-hydrogen) atoms. The van der Waals surface area contributed by atoms with E-state index in [1.165, 1.54) is 4.90 Å². The van der Waals surface area contributed by atoms with Gasteiger partial charge in [-0.15, -0.1) is 0 Å². The number of ketones is 1. The second kappa shape index (κ2) is 7.14. The zero-order valence-electron chi connectivity index (χ0n) is 17.3. The molecule has 0 spiro atoms. The molecule has 0 N–H and O–H groups in total. The summed E-state index contributed by atoms with van der Waals surface area (Å²) in [5, 5.41) is 4.13. The third-order valence-corrected chi connectivity index (χ3v) is 6.37. The van der Waals surface area contributed by atoms with Crippen molar-refractivity contribution in [1.82, 2.24) is 14.7 Å². The van der Waals surface area contributed by atoms with Crippen LogP contribution < -0.4 is 4.90 Å². The topological polar surface area (TPSA) is 58.4 Å². The molecule has 1 aromatic heterocycles. The van der Waals surface area contributed by atoms with Gasteiger partial charge in [-0.1, -0.05) is 6.08 Å². The maximum Gasteiger partial charge on any atom is 0.294 e. The number of aryl methyl sites for hydroxylation is 2. The van der Waals surface area contributed by atoms with E-state index in [2.05, 4.69) is 5.10 Å². The minimum atomic E-state index is -2.62. The Labute approximate surface area is 178 Å². The molecule has 1 unspecified atom stereocenters. The molecular formula is C23H22F2N4O2. The second-order valence-electron chi connectivity index (χ2n) is 8.24. The molecule has 160 valence electrons. The van der Waals surface area contributed by atoms with Crippen LogP contribution >= 0.6 is 0 Å². The number of aromatic nitrogens is 2. The van der Waals surface area contributed by atoms with Gasteiger partial charge in [0.15, 0.2) is 0 Å². The smallest absolute Gasteiger partial charge is 0.294 e. The summed E-state index contributed by atoms with van der Waals surface area (Å²) >= 11 is 0. The largest absolute Gasteiger partial charge is 0.341 e. The number of hydrogen-bond acceptors (Lipinski definition) is 4. The molecular weight excluding hydrogens is 402 g/mol. The molecule has 3 aliphatic rings. The third kappa shape index (κ3) is 3.08. The summed E-state index contributed by atoms with van der Waals surface area (Å²) in [5.41, 5.74) is 4.44. The number of hydrogen-bond donors (Lipinski definition) is 0. The van der Waals surface area contributed by atoms with Gasteiger partial charge in [-0.2, -0.15) is 5.10 Å². The molecule has 1 atom stereocenters. The fourth-order valence-electron chi connectivity index (χ4n) is 4.77. The first-order valence-corrected chi connectivity index (χ1v) is 10.3. The van der Waals surface area contributed by atoms with Gasteiger partial charge < -0.3 is 9.80 Å². The fourth-order valence-corrected chi connectivity index (χ4v) is 4.77. The lowest BCUT2D eigenvalue weighted by molar-refractivity contribution is -0.140. The van der Waals surface area contributed by atoms with E-state index in [-0.39, 0.29) is 11.3 Å². The van der Waals surface area contributed by atoms with E-state index in [1.54, 1.807) is 37.2 Å². The minimum absolute atomic E-state index is 0.0241. The van der Waals surface area contributed by atoms with Crippen molar-refractivity contribution in [2.75, 3.05) is 18.5 Å². The van der Waals surface area contributed by atoms with Crippen LogP contribution in [0, 0.1) is 5.92 Å². The summed E-state index contributed by atoms with van der Waals surface area (Å²) in [6, 6.07) is 3.44. The van der Waals surface area contributed by atoms with E-state index in [4.69, 9.17) is 0 Å². The number of anilines is 1. The van der Waals surface area contributed by atoms with Crippen LogP contribution in [0.25, 0.3) is 11.1 Å². The van der Waals surface area contributed by atoms with Crippen LogP contribution in [0.1, 0.15) is 30.4 Å². The van der Waals surface area contributed by atoms with Gasteiger partial charge >= 0.3 is 0 Å². The molecule has 5 rings (SSSR count). The molecule has 3 heterocycles. The predicted octanol–water partition coefficient (Wildman–Crippen LogP) is 3.61. The summed E-state index contributed by atoms with van der Waals surface area (Å²) < 4.78 is 29.6. The highest BCUT2D eigenvalue weighted by Gasteiger charge is 2.42. The highest BCUT2D eigenvalue weighted by molar-refractivity contribution is 6.40. The number of likely N-dealkylation sites (N-methyl/N-ethyl adjacent to an activating group) is 1. The number of allylic oxidation sites excluding steroid dienone is 3. The molecule has 0 bridgehead atoms. The number of likely N-dealkylation sites (tertiary alicyclic amines) is 1. The van der Waals surface area contributed by atoms with Gasteiger partial charge in [0.05, 0.1) is 12.1 Å². The van der Waals surface area contributed by atoms with Crippen molar-refractivity contribution in [2.45, 2.75) is 25.7 Å². The first kappa shape index (κ1) is 19.7. The first-order valence-electron chi connectivity index (χ1n) is 10.3. The number of alkyl halides is 2. The summed E-state index contributed by atoms with van der Waals surface area (Å²) in [5.74, 6) is -1.31. The van der Waals surface area contributed by atoms with Gasteiger partial charge in [-0.3, -0.25) is 14.3 Å². The molecule has 2 aromatic rings. The van der Waals surface area contributed by atoms with E-state index in [0.717, 1.165) is 29.8 Å². The van der Waals surface area contributed by atoms with Crippen molar-refractivity contribution in [3.63, 3.8) is 0 Å². The average molecular weight is 424 g/mol. The standard InChI is InChI=1S/C23H22F2N4O2/c1-27-12-14(11-26-27)17-8-13-4-3-7-29(19(13)10-18(17)22(24)25)15-5-6-16-20(9-15)28(2)23(31)21(16)30/h5,8-12,16,22H,3-4,6-7H2,1-2H3. The first-order chi connectivity index (χ1) is 14.8. The number of halogens is 2.